The van der Waals surface area contributed by atoms with Crippen molar-refractivity contribution in [2.75, 3.05) is 40.9 Å². The zero-order valence-electron chi connectivity index (χ0n) is 20.8. The molecule has 3 aromatic carbocycles. The fourth-order valence-electron chi connectivity index (χ4n) is 3.44. The molecule has 0 aliphatic rings. The van der Waals surface area contributed by atoms with Crippen LogP contribution < -0.4 is 29.0 Å². The van der Waals surface area contributed by atoms with Gasteiger partial charge >= 0.3 is 0 Å². The number of methoxy groups -OCH3 is 5. The van der Waals surface area contributed by atoms with Crippen LogP contribution >= 0.6 is 0 Å². The molecule has 0 aliphatic carbocycles. The first-order valence-corrected chi connectivity index (χ1v) is 10.9. The van der Waals surface area contributed by atoms with Gasteiger partial charge in [-0.15, -0.1) is 0 Å². The van der Waals surface area contributed by atoms with Gasteiger partial charge in [-0.2, -0.15) is 0 Å². The molecule has 0 fully saturated rings. The molecule has 0 spiro atoms. The molecule has 36 heavy (non-hydrogen) atoms. The van der Waals surface area contributed by atoms with Gasteiger partial charge in [0.15, 0.2) is 23.0 Å². The minimum absolute atomic E-state index is 0.0269. The molecule has 0 aromatic heterocycles. The Hall–Kier alpha value is -4.59. The SMILES string of the molecule is COc1ccc(/C=C/c2cc(OC)c(OC)c(OC)c2)c(NC(=O)/C=C/c2ccc(O)c(OC)c2)c1. The molecule has 3 rings (SSSR count). The number of anilines is 1. The molecule has 0 atom stereocenters. The average Bonchev–Trinajstić information content (AvgIpc) is 2.90. The largest absolute Gasteiger partial charge is 0.504 e. The Morgan fingerprint density at radius 2 is 1.39 bits per heavy atom. The number of benzene rings is 3. The van der Waals surface area contributed by atoms with E-state index in [4.69, 9.17) is 23.7 Å². The van der Waals surface area contributed by atoms with Crippen molar-refractivity contribution in [1.82, 2.24) is 0 Å². The lowest BCUT2D eigenvalue weighted by molar-refractivity contribution is -0.111. The molecular formula is C28H29NO7. The van der Waals surface area contributed by atoms with Crippen molar-refractivity contribution in [1.29, 1.82) is 0 Å². The third-order valence-corrected chi connectivity index (χ3v) is 5.29. The minimum Gasteiger partial charge on any atom is -0.504 e. The predicted molar refractivity (Wildman–Crippen MR) is 140 cm³/mol. The number of ether oxygens (including phenoxy) is 5. The van der Waals surface area contributed by atoms with E-state index in [0.29, 0.717) is 40.0 Å². The maximum absolute atomic E-state index is 12.7. The molecule has 8 nitrogen and oxygen atoms in total. The molecule has 3 aromatic rings. The first-order chi connectivity index (χ1) is 17.4. The summed E-state index contributed by atoms with van der Waals surface area (Å²) in [5.74, 6) is 2.20. The molecule has 0 heterocycles. The summed E-state index contributed by atoms with van der Waals surface area (Å²) in [6, 6.07) is 13.9. The van der Waals surface area contributed by atoms with Crippen molar-refractivity contribution >= 4 is 29.8 Å². The van der Waals surface area contributed by atoms with Gasteiger partial charge in [-0.1, -0.05) is 18.2 Å². The van der Waals surface area contributed by atoms with Crippen LogP contribution in [0.25, 0.3) is 18.2 Å². The van der Waals surface area contributed by atoms with E-state index in [2.05, 4.69) is 5.32 Å². The molecule has 0 unspecified atom stereocenters. The van der Waals surface area contributed by atoms with Gasteiger partial charge in [-0.05, 0) is 59.2 Å². The number of aromatic hydroxyl groups is 1. The van der Waals surface area contributed by atoms with Crippen molar-refractivity contribution in [3.05, 3.63) is 71.3 Å². The zero-order valence-corrected chi connectivity index (χ0v) is 20.8. The number of hydrogen-bond acceptors (Lipinski definition) is 7. The van der Waals surface area contributed by atoms with E-state index < -0.39 is 0 Å². The van der Waals surface area contributed by atoms with E-state index in [-0.39, 0.29) is 11.7 Å². The van der Waals surface area contributed by atoms with Gasteiger partial charge in [0.05, 0.1) is 41.2 Å². The molecule has 0 saturated carbocycles. The molecule has 0 radical (unpaired) electrons. The number of phenols is 1. The molecule has 1 amide bonds. The van der Waals surface area contributed by atoms with Gasteiger partial charge in [0.25, 0.3) is 0 Å². The van der Waals surface area contributed by atoms with Crippen LogP contribution in [-0.4, -0.2) is 46.6 Å². The summed E-state index contributed by atoms with van der Waals surface area (Å²) in [5.41, 5.74) is 2.85. The summed E-state index contributed by atoms with van der Waals surface area (Å²) >= 11 is 0. The number of amides is 1. The fraction of sp³-hybridized carbons (Fsp3) is 0.179. The molecule has 0 bridgehead atoms. The van der Waals surface area contributed by atoms with E-state index in [9.17, 15) is 9.90 Å². The average molecular weight is 492 g/mol. The highest BCUT2D eigenvalue weighted by Crippen LogP contribution is 2.39. The molecule has 0 aliphatic heterocycles. The van der Waals surface area contributed by atoms with E-state index in [1.54, 1.807) is 52.7 Å². The zero-order chi connectivity index (χ0) is 26.1. The highest BCUT2D eigenvalue weighted by atomic mass is 16.5. The van der Waals surface area contributed by atoms with Gasteiger partial charge in [0.2, 0.25) is 11.7 Å². The second-order valence-corrected chi connectivity index (χ2v) is 7.50. The minimum atomic E-state index is -0.335. The fourth-order valence-corrected chi connectivity index (χ4v) is 3.44. The smallest absolute Gasteiger partial charge is 0.248 e. The third-order valence-electron chi connectivity index (χ3n) is 5.29. The number of nitrogens with one attached hydrogen (secondary N) is 1. The quantitative estimate of drug-likeness (QED) is 0.295. The van der Waals surface area contributed by atoms with Gasteiger partial charge in [0, 0.05) is 12.1 Å². The maximum Gasteiger partial charge on any atom is 0.248 e. The van der Waals surface area contributed by atoms with E-state index in [1.807, 2.05) is 36.4 Å². The standard InChI is InChI=1S/C28H29NO7/c1-32-21-11-10-20(9-6-19-15-25(34-3)28(36-5)26(16-19)35-4)22(17-21)29-27(31)13-8-18-7-12-23(30)24(14-18)33-2/h6-17,30H,1-5H3,(H,29,31)/b9-6+,13-8+. The second-order valence-electron chi connectivity index (χ2n) is 7.50. The monoisotopic (exact) mass is 491 g/mol. The van der Waals surface area contributed by atoms with Gasteiger partial charge in [-0.3, -0.25) is 4.79 Å². The number of rotatable bonds is 10. The summed E-state index contributed by atoms with van der Waals surface area (Å²) in [4.78, 5) is 12.7. The first-order valence-electron chi connectivity index (χ1n) is 10.9. The Bertz CT molecular complexity index is 1260. The molecule has 8 heteroatoms. The number of phenolic OH excluding ortho intramolecular Hbond substituents is 1. The highest BCUT2D eigenvalue weighted by Gasteiger charge is 2.12. The van der Waals surface area contributed by atoms with Crippen LogP contribution in [0.2, 0.25) is 0 Å². The Labute approximate surface area is 210 Å². The predicted octanol–water partition coefficient (Wildman–Crippen LogP) is 5.26. The molecule has 188 valence electrons. The van der Waals surface area contributed by atoms with Crippen LogP contribution in [0, 0.1) is 0 Å². The Balaban J connectivity index is 1.86. The van der Waals surface area contributed by atoms with Crippen LogP contribution in [-0.2, 0) is 4.79 Å². The molecule has 2 N–H and O–H groups in total. The summed E-state index contributed by atoms with van der Waals surface area (Å²) in [6.07, 6.45) is 6.77. The van der Waals surface area contributed by atoms with E-state index in [1.165, 1.54) is 19.3 Å². The summed E-state index contributed by atoms with van der Waals surface area (Å²) in [7, 11) is 7.69. The summed E-state index contributed by atoms with van der Waals surface area (Å²) in [6.45, 7) is 0. The van der Waals surface area contributed by atoms with Crippen LogP contribution in [0.4, 0.5) is 5.69 Å². The van der Waals surface area contributed by atoms with Crippen molar-refractivity contribution in [3.8, 4) is 34.5 Å². The van der Waals surface area contributed by atoms with Crippen molar-refractivity contribution < 1.29 is 33.6 Å². The van der Waals surface area contributed by atoms with Crippen LogP contribution in [0.5, 0.6) is 34.5 Å². The van der Waals surface area contributed by atoms with Crippen LogP contribution in [0.1, 0.15) is 16.7 Å². The van der Waals surface area contributed by atoms with Crippen molar-refractivity contribution in [2.45, 2.75) is 0 Å². The number of carbonyl (C=O) groups is 1. The van der Waals surface area contributed by atoms with Gasteiger partial charge < -0.3 is 34.1 Å². The lowest BCUT2D eigenvalue weighted by atomic mass is 10.1. The lowest BCUT2D eigenvalue weighted by Crippen LogP contribution is -2.09. The summed E-state index contributed by atoms with van der Waals surface area (Å²) < 4.78 is 26.7. The third kappa shape index (κ3) is 6.29. The van der Waals surface area contributed by atoms with Gasteiger partial charge in [-0.25, -0.2) is 0 Å². The van der Waals surface area contributed by atoms with Crippen molar-refractivity contribution in [2.24, 2.45) is 0 Å². The summed E-state index contributed by atoms with van der Waals surface area (Å²) in [5, 5.41) is 12.6. The highest BCUT2D eigenvalue weighted by molar-refractivity contribution is 6.03. The van der Waals surface area contributed by atoms with E-state index in [0.717, 1.165) is 11.1 Å². The second kappa shape index (κ2) is 12.2. The van der Waals surface area contributed by atoms with Gasteiger partial charge in [0.1, 0.15) is 5.75 Å². The normalized spacial score (nSPS) is 10.9. The Morgan fingerprint density at radius 3 is 2.00 bits per heavy atom. The first kappa shape index (κ1) is 26.0. The molecular weight excluding hydrogens is 462 g/mol. The topological polar surface area (TPSA) is 95.5 Å². The number of carbonyl (C=O) groups excluding carboxylic acids is 1. The van der Waals surface area contributed by atoms with E-state index >= 15 is 0 Å². The Kier molecular flexibility index (Phi) is 8.83. The van der Waals surface area contributed by atoms with Crippen molar-refractivity contribution in [3.63, 3.8) is 0 Å². The Morgan fingerprint density at radius 1 is 0.722 bits per heavy atom. The number of hydrogen-bond donors (Lipinski definition) is 2. The maximum atomic E-state index is 12.7. The lowest BCUT2D eigenvalue weighted by Gasteiger charge is -2.13. The van der Waals surface area contributed by atoms with Crippen LogP contribution in [0.3, 0.4) is 0 Å². The molecule has 0 saturated heterocycles. The van der Waals surface area contributed by atoms with Crippen LogP contribution in [0.15, 0.2) is 54.6 Å².